The van der Waals surface area contributed by atoms with E-state index in [1.807, 2.05) is 0 Å². The number of hydrogen-bond donors (Lipinski definition) is 3. The lowest BCUT2D eigenvalue weighted by molar-refractivity contribution is -0.131. The molecule has 9 nitrogen and oxygen atoms in total. The van der Waals surface area contributed by atoms with Crippen molar-refractivity contribution in [2.45, 2.75) is 18.7 Å². The van der Waals surface area contributed by atoms with Crippen LogP contribution in [-0.4, -0.2) is 35.4 Å². The third-order valence-corrected chi connectivity index (χ3v) is 4.39. The van der Waals surface area contributed by atoms with Gasteiger partial charge in [0, 0.05) is 29.6 Å². The van der Waals surface area contributed by atoms with Crippen LogP contribution in [0.2, 0.25) is 0 Å². The highest BCUT2D eigenvalue weighted by molar-refractivity contribution is 7.92. The number of rotatable bonds is 6. The highest BCUT2D eigenvalue weighted by Gasteiger charge is 2.15. The minimum atomic E-state index is -3.86. The Hall–Kier alpha value is -3.27. The molecular weight excluding hydrogens is 360 g/mol. The summed E-state index contributed by atoms with van der Waals surface area (Å²) in [5, 5.41) is 10.9. The number of carboxylic acid groups (broad SMARTS) is 1. The van der Waals surface area contributed by atoms with Crippen LogP contribution in [0.25, 0.3) is 0 Å². The minimum Gasteiger partial charge on any atom is -0.478 e. The Balaban J connectivity index is 2.13. The molecule has 0 unspecified atom stereocenters. The van der Waals surface area contributed by atoms with E-state index in [4.69, 9.17) is 5.11 Å². The summed E-state index contributed by atoms with van der Waals surface area (Å²) in [6.45, 7) is 3.38. The summed E-state index contributed by atoms with van der Waals surface area (Å²) in [6, 6.07) is 6.89. The number of sulfonamides is 1. The molecule has 0 saturated carbocycles. The van der Waals surface area contributed by atoms with E-state index in [0.717, 1.165) is 6.08 Å². The van der Waals surface area contributed by atoms with Crippen molar-refractivity contribution in [3.8, 4) is 0 Å². The van der Waals surface area contributed by atoms with Crippen LogP contribution >= 0.6 is 0 Å². The van der Waals surface area contributed by atoms with Crippen LogP contribution in [0.5, 0.6) is 0 Å². The van der Waals surface area contributed by atoms with Gasteiger partial charge in [-0.3, -0.25) is 9.52 Å². The smallest absolute Gasteiger partial charge is 0.328 e. The molecule has 0 atom stereocenters. The number of aryl methyl sites for hydroxylation is 2. The van der Waals surface area contributed by atoms with E-state index in [9.17, 15) is 18.0 Å². The van der Waals surface area contributed by atoms with Crippen molar-refractivity contribution in [2.24, 2.45) is 0 Å². The van der Waals surface area contributed by atoms with Crippen molar-refractivity contribution in [1.82, 2.24) is 9.97 Å². The molecule has 0 spiro atoms. The summed E-state index contributed by atoms with van der Waals surface area (Å²) in [5.74, 6) is -1.29. The summed E-state index contributed by atoms with van der Waals surface area (Å²) in [7, 11) is -3.86. The predicted molar refractivity (Wildman–Crippen MR) is 94.2 cm³/mol. The predicted octanol–water partition coefficient (Wildman–Crippen LogP) is 1.47. The van der Waals surface area contributed by atoms with Gasteiger partial charge in [-0.05, 0) is 38.1 Å². The fraction of sp³-hybridized carbons (Fsp3) is 0.125. The Morgan fingerprint density at radius 1 is 1.08 bits per heavy atom. The van der Waals surface area contributed by atoms with Gasteiger partial charge in [0.1, 0.15) is 11.6 Å². The van der Waals surface area contributed by atoms with Crippen LogP contribution in [0, 0.1) is 13.8 Å². The quantitative estimate of drug-likeness (QED) is 0.649. The van der Waals surface area contributed by atoms with Crippen molar-refractivity contribution in [1.29, 1.82) is 0 Å². The Morgan fingerprint density at radius 2 is 1.73 bits per heavy atom. The second-order valence-electron chi connectivity index (χ2n) is 5.23. The number of nitrogens with zero attached hydrogens (tertiary/aromatic N) is 2. The van der Waals surface area contributed by atoms with Gasteiger partial charge in [0.15, 0.2) is 0 Å². The second-order valence-corrected chi connectivity index (χ2v) is 6.91. The van der Waals surface area contributed by atoms with Crippen LogP contribution in [0.3, 0.4) is 0 Å². The number of aromatic nitrogens is 2. The van der Waals surface area contributed by atoms with Gasteiger partial charge in [0.2, 0.25) is 5.91 Å². The summed E-state index contributed by atoms with van der Waals surface area (Å²) < 4.78 is 27.2. The van der Waals surface area contributed by atoms with Crippen LogP contribution in [0.15, 0.2) is 47.4 Å². The molecule has 26 heavy (non-hydrogen) atoms. The molecular formula is C16H16N4O5S. The number of benzene rings is 1. The Bertz CT molecular complexity index is 948. The van der Waals surface area contributed by atoms with E-state index >= 15 is 0 Å². The number of amides is 1. The third kappa shape index (κ3) is 5.38. The van der Waals surface area contributed by atoms with E-state index in [1.54, 1.807) is 13.8 Å². The van der Waals surface area contributed by atoms with Crippen molar-refractivity contribution >= 4 is 33.4 Å². The van der Waals surface area contributed by atoms with Crippen LogP contribution in [0.4, 0.5) is 11.5 Å². The van der Waals surface area contributed by atoms with E-state index < -0.39 is 21.9 Å². The molecule has 0 bridgehead atoms. The lowest BCUT2D eigenvalue weighted by Crippen LogP contribution is -2.15. The van der Waals surface area contributed by atoms with E-state index in [-0.39, 0.29) is 10.7 Å². The maximum Gasteiger partial charge on any atom is 0.328 e. The van der Waals surface area contributed by atoms with E-state index in [0.29, 0.717) is 23.3 Å². The van der Waals surface area contributed by atoms with Gasteiger partial charge in [-0.15, -0.1) is 0 Å². The number of aliphatic carboxylic acids is 1. The van der Waals surface area contributed by atoms with Gasteiger partial charge in [-0.1, -0.05) is 0 Å². The lowest BCUT2D eigenvalue weighted by atomic mass is 10.3. The van der Waals surface area contributed by atoms with Gasteiger partial charge in [-0.25, -0.2) is 23.2 Å². The fourth-order valence-corrected chi connectivity index (χ4v) is 3.01. The molecule has 136 valence electrons. The van der Waals surface area contributed by atoms with Crippen molar-refractivity contribution in [2.75, 3.05) is 10.0 Å². The monoisotopic (exact) mass is 376 g/mol. The number of carbonyl (C=O) groups excluding carboxylic acids is 1. The highest BCUT2D eigenvalue weighted by Crippen LogP contribution is 2.17. The fourth-order valence-electron chi connectivity index (χ4n) is 2.01. The Kier molecular flexibility index (Phi) is 5.68. The van der Waals surface area contributed by atoms with Gasteiger partial charge < -0.3 is 10.4 Å². The van der Waals surface area contributed by atoms with Gasteiger partial charge >= 0.3 is 5.97 Å². The normalized spacial score (nSPS) is 11.3. The molecule has 0 fully saturated rings. The molecule has 10 heteroatoms. The summed E-state index contributed by atoms with van der Waals surface area (Å²) in [5.41, 5.74) is 0.945. The lowest BCUT2D eigenvalue weighted by Gasteiger charge is -2.09. The maximum absolute atomic E-state index is 12.4. The molecule has 0 aliphatic rings. The zero-order valence-corrected chi connectivity index (χ0v) is 14.7. The molecule has 1 heterocycles. The molecule has 0 saturated heterocycles. The van der Waals surface area contributed by atoms with E-state index in [1.165, 1.54) is 30.3 Å². The molecule has 3 N–H and O–H groups in total. The number of nitrogens with one attached hydrogen (secondary N) is 2. The van der Waals surface area contributed by atoms with E-state index in [2.05, 4.69) is 20.0 Å². The largest absolute Gasteiger partial charge is 0.478 e. The number of anilines is 2. The Labute approximate surface area is 149 Å². The first kappa shape index (κ1) is 19.1. The molecule has 0 aliphatic heterocycles. The summed E-state index contributed by atoms with van der Waals surface area (Å²) >= 11 is 0. The van der Waals surface area contributed by atoms with Crippen molar-refractivity contribution < 1.29 is 23.1 Å². The first-order chi connectivity index (χ1) is 12.2. The van der Waals surface area contributed by atoms with Crippen molar-refractivity contribution in [3.05, 3.63) is 54.0 Å². The minimum absolute atomic E-state index is 0.0227. The Morgan fingerprint density at radius 3 is 2.31 bits per heavy atom. The first-order valence-electron chi connectivity index (χ1n) is 7.33. The average Bonchev–Trinajstić information content (AvgIpc) is 2.52. The zero-order chi connectivity index (χ0) is 19.3. The number of hydrogen-bond acceptors (Lipinski definition) is 6. The molecule has 0 radical (unpaired) electrons. The molecule has 2 aromatic rings. The standard InChI is InChI=1S/C16H16N4O5S/c1-10-9-14(18-11(2)17-10)20-26(24,25)13-5-3-12(4-6-13)19-15(21)7-8-16(22)23/h3-9H,1-2H3,(H,19,21)(H,22,23)(H,17,18,20). The molecule has 2 rings (SSSR count). The first-order valence-corrected chi connectivity index (χ1v) is 8.81. The third-order valence-electron chi connectivity index (χ3n) is 3.01. The van der Waals surface area contributed by atoms with Gasteiger partial charge in [0.05, 0.1) is 4.90 Å². The number of carboxylic acids is 1. The zero-order valence-electron chi connectivity index (χ0n) is 13.9. The second kappa shape index (κ2) is 7.74. The van der Waals surface area contributed by atoms with Crippen LogP contribution in [0.1, 0.15) is 11.5 Å². The highest BCUT2D eigenvalue weighted by atomic mass is 32.2. The summed E-state index contributed by atoms with van der Waals surface area (Å²) in [6.07, 6.45) is 1.55. The molecule has 1 aromatic heterocycles. The van der Waals surface area contributed by atoms with Crippen LogP contribution in [-0.2, 0) is 19.6 Å². The average molecular weight is 376 g/mol. The summed E-state index contributed by atoms with van der Waals surface area (Å²) in [4.78, 5) is 29.9. The maximum atomic E-state index is 12.4. The van der Waals surface area contributed by atoms with Gasteiger partial charge in [-0.2, -0.15) is 0 Å². The van der Waals surface area contributed by atoms with Gasteiger partial charge in [0.25, 0.3) is 10.0 Å². The topological polar surface area (TPSA) is 138 Å². The van der Waals surface area contributed by atoms with Crippen molar-refractivity contribution in [3.63, 3.8) is 0 Å². The number of carbonyl (C=O) groups is 2. The molecule has 1 aromatic carbocycles. The van der Waals surface area contributed by atoms with Crippen LogP contribution < -0.4 is 10.0 Å². The molecule has 1 amide bonds. The molecule has 0 aliphatic carbocycles. The SMILES string of the molecule is Cc1cc(NS(=O)(=O)c2ccc(NC(=O)C=CC(=O)O)cc2)nc(C)n1.